The molecular formula is C16H31ClN2O2. The van der Waals surface area contributed by atoms with E-state index in [0.717, 1.165) is 44.7 Å². The molecule has 1 amide bonds. The summed E-state index contributed by atoms with van der Waals surface area (Å²) in [4.78, 5) is 12.6. The molecule has 1 saturated carbocycles. The number of carbonyl (C=O) groups excluding carboxylic acids is 1. The Kier molecular flexibility index (Phi) is 7.99. The molecule has 0 aromatic rings. The number of carbonyl (C=O) groups is 1. The highest BCUT2D eigenvalue weighted by molar-refractivity contribution is 5.86. The van der Waals surface area contributed by atoms with Gasteiger partial charge in [0.05, 0.1) is 0 Å². The van der Waals surface area contributed by atoms with Crippen molar-refractivity contribution < 1.29 is 9.53 Å². The molecule has 0 bridgehead atoms. The Morgan fingerprint density at radius 1 is 1.24 bits per heavy atom. The molecule has 1 saturated heterocycles. The number of halogens is 1. The average molecular weight is 319 g/mol. The molecule has 0 atom stereocenters. The maximum atomic E-state index is 12.6. The SMILES string of the molecule is CCCC1CCC(NC(=O)C2(OC)CCNCC2)CC1.Cl. The number of piperidine rings is 1. The molecule has 21 heavy (non-hydrogen) atoms. The molecule has 2 N–H and O–H groups in total. The van der Waals surface area contributed by atoms with Gasteiger partial charge in [-0.1, -0.05) is 19.8 Å². The normalized spacial score (nSPS) is 28.5. The highest BCUT2D eigenvalue weighted by atomic mass is 35.5. The Hall–Kier alpha value is -0.320. The van der Waals surface area contributed by atoms with Gasteiger partial charge in [0.15, 0.2) is 0 Å². The molecule has 1 aliphatic carbocycles. The second kappa shape index (κ2) is 8.96. The fourth-order valence-electron chi connectivity index (χ4n) is 3.68. The molecular weight excluding hydrogens is 288 g/mol. The minimum absolute atomic E-state index is 0. The monoisotopic (exact) mass is 318 g/mol. The van der Waals surface area contributed by atoms with Crippen molar-refractivity contribution in [3.63, 3.8) is 0 Å². The molecule has 0 spiro atoms. The first-order chi connectivity index (χ1) is 9.70. The van der Waals surface area contributed by atoms with Crippen molar-refractivity contribution in [2.24, 2.45) is 5.92 Å². The largest absolute Gasteiger partial charge is 0.368 e. The number of ether oxygens (including phenoxy) is 1. The van der Waals surface area contributed by atoms with Crippen molar-refractivity contribution in [2.75, 3.05) is 20.2 Å². The van der Waals surface area contributed by atoms with Gasteiger partial charge in [0.25, 0.3) is 5.91 Å². The Bertz CT molecular complexity index is 311. The molecule has 2 rings (SSSR count). The first kappa shape index (κ1) is 18.7. The third-order valence-electron chi connectivity index (χ3n) is 5.09. The summed E-state index contributed by atoms with van der Waals surface area (Å²) in [6.07, 6.45) is 8.97. The lowest BCUT2D eigenvalue weighted by Crippen LogP contribution is -2.56. The highest BCUT2D eigenvalue weighted by Gasteiger charge is 2.40. The molecule has 0 unspecified atom stereocenters. The average Bonchev–Trinajstić information content (AvgIpc) is 2.50. The molecule has 2 fully saturated rings. The van der Waals surface area contributed by atoms with E-state index in [4.69, 9.17) is 4.74 Å². The van der Waals surface area contributed by atoms with Gasteiger partial charge in [-0.25, -0.2) is 0 Å². The van der Waals surface area contributed by atoms with Crippen LogP contribution in [0, 0.1) is 5.92 Å². The van der Waals surface area contributed by atoms with Gasteiger partial charge in [-0.05, 0) is 57.5 Å². The fourth-order valence-corrected chi connectivity index (χ4v) is 3.68. The maximum absolute atomic E-state index is 12.6. The molecule has 0 aromatic carbocycles. The van der Waals surface area contributed by atoms with Gasteiger partial charge in [-0.2, -0.15) is 0 Å². The summed E-state index contributed by atoms with van der Waals surface area (Å²) in [5.74, 6) is 0.990. The number of rotatable bonds is 5. The van der Waals surface area contributed by atoms with Crippen molar-refractivity contribution in [3.05, 3.63) is 0 Å². The van der Waals surface area contributed by atoms with Crippen LogP contribution in [0.1, 0.15) is 58.3 Å². The van der Waals surface area contributed by atoms with E-state index in [1.165, 1.54) is 25.7 Å². The first-order valence-corrected chi connectivity index (χ1v) is 8.27. The fraction of sp³-hybridized carbons (Fsp3) is 0.938. The Balaban J connectivity index is 0.00000220. The van der Waals surface area contributed by atoms with Gasteiger partial charge in [-0.3, -0.25) is 4.79 Å². The lowest BCUT2D eigenvalue weighted by Gasteiger charge is -2.37. The number of nitrogens with one attached hydrogen (secondary N) is 2. The van der Waals surface area contributed by atoms with E-state index >= 15 is 0 Å². The van der Waals surface area contributed by atoms with E-state index < -0.39 is 5.60 Å². The number of amides is 1. The third kappa shape index (κ3) is 4.83. The second-order valence-electron chi connectivity index (χ2n) is 6.43. The van der Waals surface area contributed by atoms with Crippen molar-refractivity contribution in [3.8, 4) is 0 Å². The second-order valence-corrected chi connectivity index (χ2v) is 6.43. The summed E-state index contributed by atoms with van der Waals surface area (Å²) in [5, 5.41) is 6.54. The van der Waals surface area contributed by atoms with Crippen LogP contribution in [0.15, 0.2) is 0 Å². The van der Waals surface area contributed by atoms with Gasteiger partial charge in [-0.15, -0.1) is 12.4 Å². The summed E-state index contributed by atoms with van der Waals surface area (Å²) >= 11 is 0. The molecule has 124 valence electrons. The Morgan fingerprint density at radius 3 is 2.38 bits per heavy atom. The van der Waals surface area contributed by atoms with Crippen LogP contribution in [-0.2, 0) is 9.53 Å². The highest BCUT2D eigenvalue weighted by Crippen LogP contribution is 2.29. The van der Waals surface area contributed by atoms with Gasteiger partial charge in [0.1, 0.15) is 5.60 Å². The summed E-state index contributed by atoms with van der Waals surface area (Å²) < 4.78 is 5.59. The number of methoxy groups -OCH3 is 1. The molecule has 4 nitrogen and oxygen atoms in total. The molecule has 1 heterocycles. The molecule has 1 aliphatic heterocycles. The molecule has 0 aromatic heterocycles. The minimum atomic E-state index is -0.592. The van der Waals surface area contributed by atoms with Crippen LogP contribution in [0.4, 0.5) is 0 Å². The van der Waals surface area contributed by atoms with Crippen LogP contribution in [0.25, 0.3) is 0 Å². The van der Waals surface area contributed by atoms with E-state index in [-0.39, 0.29) is 18.3 Å². The summed E-state index contributed by atoms with van der Waals surface area (Å²) in [6, 6.07) is 0.359. The van der Waals surface area contributed by atoms with Crippen LogP contribution < -0.4 is 10.6 Å². The Morgan fingerprint density at radius 2 is 1.86 bits per heavy atom. The van der Waals surface area contributed by atoms with Gasteiger partial charge in [0, 0.05) is 13.2 Å². The standard InChI is InChI=1S/C16H30N2O2.ClH/c1-3-4-13-5-7-14(8-6-13)18-15(19)16(20-2)9-11-17-12-10-16;/h13-14,17H,3-12H2,1-2H3,(H,18,19);1H. The van der Waals surface area contributed by atoms with E-state index in [0.29, 0.717) is 6.04 Å². The van der Waals surface area contributed by atoms with E-state index in [2.05, 4.69) is 17.6 Å². The zero-order valence-electron chi connectivity index (χ0n) is 13.5. The van der Waals surface area contributed by atoms with Crippen molar-refractivity contribution in [2.45, 2.75) is 69.9 Å². The lowest BCUT2D eigenvalue weighted by atomic mass is 9.83. The van der Waals surface area contributed by atoms with Crippen LogP contribution in [0.3, 0.4) is 0 Å². The van der Waals surface area contributed by atoms with E-state index in [9.17, 15) is 4.79 Å². The molecule has 0 radical (unpaired) electrons. The van der Waals surface area contributed by atoms with Crippen molar-refractivity contribution in [1.82, 2.24) is 10.6 Å². The predicted octanol–water partition coefficient (Wildman–Crippen LogP) is 2.65. The lowest BCUT2D eigenvalue weighted by molar-refractivity contribution is -0.147. The van der Waals surface area contributed by atoms with Crippen molar-refractivity contribution in [1.29, 1.82) is 0 Å². The van der Waals surface area contributed by atoms with Crippen LogP contribution in [0.2, 0.25) is 0 Å². The number of hydrogen-bond donors (Lipinski definition) is 2. The summed E-state index contributed by atoms with van der Waals surface area (Å²) in [7, 11) is 1.67. The van der Waals surface area contributed by atoms with E-state index in [1.807, 2.05) is 0 Å². The van der Waals surface area contributed by atoms with Crippen LogP contribution in [-0.4, -0.2) is 37.7 Å². The zero-order chi connectivity index (χ0) is 14.4. The summed E-state index contributed by atoms with van der Waals surface area (Å²) in [6.45, 7) is 3.99. The molecule has 2 aliphatic rings. The smallest absolute Gasteiger partial charge is 0.252 e. The van der Waals surface area contributed by atoms with Crippen LogP contribution in [0.5, 0.6) is 0 Å². The number of hydrogen-bond acceptors (Lipinski definition) is 3. The van der Waals surface area contributed by atoms with Crippen molar-refractivity contribution >= 4 is 18.3 Å². The first-order valence-electron chi connectivity index (χ1n) is 8.27. The topological polar surface area (TPSA) is 50.4 Å². The van der Waals surface area contributed by atoms with Crippen LogP contribution >= 0.6 is 12.4 Å². The summed E-state index contributed by atoms with van der Waals surface area (Å²) in [5.41, 5.74) is -0.592. The quantitative estimate of drug-likeness (QED) is 0.819. The van der Waals surface area contributed by atoms with E-state index in [1.54, 1.807) is 7.11 Å². The zero-order valence-corrected chi connectivity index (χ0v) is 14.3. The van der Waals surface area contributed by atoms with Gasteiger partial charge in [0.2, 0.25) is 0 Å². The maximum Gasteiger partial charge on any atom is 0.252 e. The molecule has 5 heteroatoms. The van der Waals surface area contributed by atoms with Gasteiger partial charge >= 0.3 is 0 Å². The predicted molar refractivity (Wildman–Crippen MR) is 87.9 cm³/mol. The third-order valence-corrected chi connectivity index (χ3v) is 5.09. The minimum Gasteiger partial charge on any atom is -0.368 e. The Labute approximate surface area is 135 Å². The van der Waals surface area contributed by atoms with Gasteiger partial charge < -0.3 is 15.4 Å².